The molecule has 1 aliphatic carbocycles. The Kier molecular flexibility index (Phi) is 4.22. The van der Waals surface area contributed by atoms with Crippen molar-refractivity contribution in [2.45, 2.75) is 50.5 Å². The second kappa shape index (κ2) is 5.89. The Morgan fingerprint density at radius 3 is 2.83 bits per heavy atom. The van der Waals surface area contributed by atoms with Gasteiger partial charge in [0.2, 0.25) is 0 Å². The maximum absolute atomic E-state index is 5.66. The Hall–Kier alpha value is -0.120. The number of nitrogens with one attached hydrogen (secondary N) is 1. The van der Waals surface area contributed by atoms with Crippen LogP contribution in [0.25, 0.3) is 0 Å². The molecule has 3 nitrogen and oxygen atoms in total. The fourth-order valence-corrected chi connectivity index (χ4v) is 4.13. The Bertz CT molecular complexity index is 249. The van der Waals surface area contributed by atoms with Crippen LogP contribution in [0.5, 0.6) is 0 Å². The summed E-state index contributed by atoms with van der Waals surface area (Å²) >= 11 is 0. The van der Waals surface area contributed by atoms with Gasteiger partial charge in [-0.2, -0.15) is 0 Å². The number of piperazine rings is 1. The highest BCUT2D eigenvalue weighted by molar-refractivity contribution is 4.98. The molecule has 3 aliphatic rings. The highest BCUT2D eigenvalue weighted by Crippen LogP contribution is 2.35. The molecule has 1 atom stereocenters. The van der Waals surface area contributed by atoms with Crippen LogP contribution >= 0.6 is 0 Å². The summed E-state index contributed by atoms with van der Waals surface area (Å²) in [6.45, 7) is 6.91. The molecule has 0 bridgehead atoms. The third-order valence-corrected chi connectivity index (χ3v) is 5.20. The lowest BCUT2D eigenvalue weighted by molar-refractivity contribution is -0.0167. The lowest BCUT2D eigenvalue weighted by Crippen LogP contribution is -2.63. The van der Waals surface area contributed by atoms with Crippen LogP contribution in [0.2, 0.25) is 0 Å². The maximum Gasteiger partial charge on any atom is 0.0506 e. The highest BCUT2D eigenvalue weighted by Gasteiger charge is 2.40. The van der Waals surface area contributed by atoms with Crippen LogP contribution in [-0.2, 0) is 4.74 Å². The molecular formula is C15H28N2O. The van der Waals surface area contributed by atoms with E-state index in [1.165, 1.54) is 71.1 Å². The Morgan fingerprint density at radius 2 is 2.06 bits per heavy atom. The maximum atomic E-state index is 5.66. The zero-order valence-electron chi connectivity index (χ0n) is 11.6. The SMILES string of the molecule is C1CCC2(CC1)CNCCN2CC1CCCOC1. The van der Waals surface area contributed by atoms with Crippen molar-refractivity contribution in [1.82, 2.24) is 10.2 Å². The first-order chi connectivity index (χ1) is 8.89. The molecule has 1 N–H and O–H groups in total. The molecule has 0 aromatic carbocycles. The van der Waals surface area contributed by atoms with E-state index in [4.69, 9.17) is 4.74 Å². The van der Waals surface area contributed by atoms with Gasteiger partial charge in [0, 0.05) is 38.3 Å². The fourth-order valence-electron chi connectivity index (χ4n) is 4.13. The number of rotatable bonds is 2. The number of ether oxygens (including phenoxy) is 1. The fraction of sp³-hybridized carbons (Fsp3) is 1.00. The van der Waals surface area contributed by atoms with E-state index < -0.39 is 0 Å². The van der Waals surface area contributed by atoms with Crippen LogP contribution in [0.1, 0.15) is 44.9 Å². The first kappa shape index (κ1) is 12.9. The topological polar surface area (TPSA) is 24.5 Å². The van der Waals surface area contributed by atoms with Gasteiger partial charge in [-0.3, -0.25) is 4.90 Å². The summed E-state index contributed by atoms with van der Waals surface area (Å²) < 4.78 is 5.66. The summed E-state index contributed by atoms with van der Waals surface area (Å²) in [4.78, 5) is 2.82. The average molecular weight is 252 g/mol. The molecule has 18 heavy (non-hydrogen) atoms. The molecule has 1 spiro atoms. The molecule has 104 valence electrons. The molecule has 2 aliphatic heterocycles. The van der Waals surface area contributed by atoms with E-state index in [1.54, 1.807) is 0 Å². The molecule has 1 unspecified atom stereocenters. The number of nitrogens with zero attached hydrogens (tertiary/aromatic N) is 1. The smallest absolute Gasteiger partial charge is 0.0506 e. The lowest BCUT2D eigenvalue weighted by atomic mass is 9.78. The highest BCUT2D eigenvalue weighted by atomic mass is 16.5. The first-order valence-electron chi connectivity index (χ1n) is 7.93. The minimum absolute atomic E-state index is 0.494. The first-order valence-corrected chi connectivity index (χ1v) is 7.93. The molecule has 1 saturated carbocycles. The van der Waals surface area contributed by atoms with Gasteiger partial charge in [0.1, 0.15) is 0 Å². The number of hydrogen-bond donors (Lipinski definition) is 1. The molecule has 2 saturated heterocycles. The summed E-state index contributed by atoms with van der Waals surface area (Å²) in [6.07, 6.45) is 9.77. The van der Waals surface area contributed by atoms with Crippen molar-refractivity contribution in [2.75, 3.05) is 39.4 Å². The van der Waals surface area contributed by atoms with Crippen molar-refractivity contribution in [3.05, 3.63) is 0 Å². The van der Waals surface area contributed by atoms with Gasteiger partial charge >= 0.3 is 0 Å². The van der Waals surface area contributed by atoms with Crippen molar-refractivity contribution in [2.24, 2.45) is 5.92 Å². The molecule has 0 aromatic rings. The van der Waals surface area contributed by atoms with Gasteiger partial charge < -0.3 is 10.1 Å². The van der Waals surface area contributed by atoms with Crippen LogP contribution in [0, 0.1) is 5.92 Å². The zero-order valence-corrected chi connectivity index (χ0v) is 11.6. The normalized spacial score (nSPS) is 33.7. The van der Waals surface area contributed by atoms with Gasteiger partial charge in [-0.1, -0.05) is 19.3 Å². The van der Waals surface area contributed by atoms with Crippen LogP contribution in [0.3, 0.4) is 0 Å². The van der Waals surface area contributed by atoms with E-state index in [-0.39, 0.29) is 0 Å². The summed E-state index contributed by atoms with van der Waals surface area (Å²) in [5, 5.41) is 3.64. The summed E-state index contributed by atoms with van der Waals surface area (Å²) in [5.41, 5.74) is 0.494. The van der Waals surface area contributed by atoms with Crippen molar-refractivity contribution >= 4 is 0 Å². The van der Waals surface area contributed by atoms with Crippen LogP contribution < -0.4 is 5.32 Å². The predicted octanol–water partition coefficient (Wildman–Crippen LogP) is 2.02. The zero-order chi connectivity index (χ0) is 12.3. The predicted molar refractivity (Wildman–Crippen MR) is 73.8 cm³/mol. The van der Waals surface area contributed by atoms with Crippen LogP contribution in [-0.4, -0.2) is 49.8 Å². The van der Waals surface area contributed by atoms with Gasteiger partial charge in [-0.15, -0.1) is 0 Å². The second-order valence-corrected chi connectivity index (χ2v) is 6.49. The standard InChI is InChI=1S/C15H28N2O/c1-2-6-15(7-3-1)13-16-8-9-17(15)11-14-5-4-10-18-12-14/h14,16H,1-13H2. The van der Waals surface area contributed by atoms with Gasteiger partial charge in [0.05, 0.1) is 6.61 Å². The molecule has 3 fully saturated rings. The summed E-state index contributed by atoms with van der Waals surface area (Å²) in [6, 6.07) is 0. The number of hydrogen-bond acceptors (Lipinski definition) is 3. The molecule has 0 aromatic heterocycles. The molecule has 0 radical (unpaired) electrons. The Balaban J connectivity index is 1.63. The van der Waals surface area contributed by atoms with Crippen molar-refractivity contribution in [1.29, 1.82) is 0 Å². The quantitative estimate of drug-likeness (QED) is 0.814. The molecule has 3 heteroatoms. The second-order valence-electron chi connectivity index (χ2n) is 6.49. The Labute approximate surface area is 111 Å². The third kappa shape index (κ3) is 2.73. The molecular weight excluding hydrogens is 224 g/mol. The molecule has 0 amide bonds. The van der Waals surface area contributed by atoms with E-state index in [2.05, 4.69) is 10.2 Å². The van der Waals surface area contributed by atoms with Gasteiger partial charge in [-0.05, 0) is 31.6 Å². The third-order valence-electron chi connectivity index (χ3n) is 5.20. The molecule has 2 heterocycles. The van der Waals surface area contributed by atoms with Crippen LogP contribution in [0.15, 0.2) is 0 Å². The average Bonchev–Trinajstić information content (AvgIpc) is 2.44. The largest absolute Gasteiger partial charge is 0.381 e. The van der Waals surface area contributed by atoms with E-state index in [0.717, 1.165) is 19.1 Å². The molecule has 3 rings (SSSR count). The summed E-state index contributed by atoms with van der Waals surface area (Å²) in [5.74, 6) is 0.788. The summed E-state index contributed by atoms with van der Waals surface area (Å²) in [7, 11) is 0. The Morgan fingerprint density at radius 1 is 1.17 bits per heavy atom. The van der Waals surface area contributed by atoms with Gasteiger partial charge in [0.15, 0.2) is 0 Å². The monoisotopic (exact) mass is 252 g/mol. The van der Waals surface area contributed by atoms with Crippen LogP contribution in [0.4, 0.5) is 0 Å². The van der Waals surface area contributed by atoms with Gasteiger partial charge in [0.25, 0.3) is 0 Å². The minimum atomic E-state index is 0.494. The van der Waals surface area contributed by atoms with Gasteiger partial charge in [-0.25, -0.2) is 0 Å². The van der Waals surface area contributed by atoms with E-state index in [1.807, 2.05) is 0 Å². The lowest BCUT2D eigenvalue weighted by Gasteiger charge is -2.51. The van der Waals surface area contributed by atoms with Crippen molar-refractivity contribution < 1.29 is 4.74 Å². The minimum Gasteiger partial charge on any atom is -0.381 e. The van der Waals surface area contributed by atoms with Crippen molar-refractivity contribution in [3.8, 4) is 0 Å². The van der Waals surface area contributed by atoms with E-state index in [0.29, 0.717) is 5.54 Å². The van der Waals surface area contributed by atoms with E-state index in [9.17, 15) is 0 Å². The van der Waals surface area contributed by atoms with E-state index >= 15 is 0 Å². The van der Waals surface area contributed by atoms with Crippen molar-refractivity contribution in [3.63, 3.8) is 0 Å².